The monoisotopic (exact) mass is 337 g/mol. The Balaban J connectivity index is 1.98. The quantitative estimate of drug-likeness (QED) is 0.899. The van der Waals surface area contributed by atoms with E-state index in [1.165, 1.54) is 24.2 Å². The van der Waals surface area contributed by atoms with Crippen LogP contribution in [-0.4, -0.2) is 12.5 Å². The maximum Gasteiger partial charge on any atom is 0.253 e. The summed E-state index contributed by atoms with van der Waals surface area (Å²) in [7, 11) is 0. The van der Waals surface area contributed by atoms with Crippen LogP contribution in [0.5, 0.6) is 0 Å². The predicted octanol–water partition coefficient (Wildman–Crippen LogP) is 3.41. The van der Waals surface area contributed by atoms with Crippen LogP contribution in [0.2, 0.25) is 0 Å². The van der Waals surface area contributed by atoms with Gasteiger partial charge in [0.05, 0.1) is 13.1 Å². The van der Waals surface area contributed by atoms with Gasteiger partial charge in [-0.05, 0) is 56.7 Å². The average molecular weight is 339 g/mol. The molecule has 1 aromatic heterocycles. The zero-order valence-corrected chi connectivity index (χ0v) is 11.3. The Morgan fingerprint density at radius 2 is 2.29 bits per heavy atom. The van der Waals surface area contributed by atoms with Crippen LogP contribution in [0, 0.1) is 5.92 Å². The molecule has 1 aromatic rings. The van der Waals surface area contributed by atoms with Crippen LogP contribution in [0.4, 0.5) is 0 Å². The third kappa shape index (κ3) is 2.58. The number of amides is 1. The van der Waals surface area contributed by atoms with Crippen molar-refractivity contribution in [2.24, 2.45) is 5.92 Å². The molecule has 1 saturated carbocycles. The molecule has 0 spiro atoms. The van der Waals surface area contributed by atoms with Gasteiger partial charge in [0.2, 0.25) is 0 Å². The predicted molar refractivity (Wildman–Crippen MR) is 64.8 cm³/mol. The summed E-state index contributed by atoms with van der Waals surface area (Å²) in [5.74, 6) is 0.741. The maximum atomic E-state index is 11.7. The second-order valence-electron chi connectivity index (χ2n) is 3.39. The van der Waals surface area contributed by atoms with Crippen molar-refractivity contribution in [3.8, 4) is 0 Å². The average Bonchev–Trinajstić information content (AvgIpc) is 2.88. The summed E-state index contributed by atoms with van der Waals surface area (Å²) in [4.78, 5) is 11.7. The van der Waals surface area contributed by atoms with Crippen molar-refractivity contribution in [2.75, 3.05) is 6.54 Å². The fourth-order valence-electron chi connectivity index (χ4n) is 1.15. The van der Waals surface area contributed by atoms with Gasteiger partial charge in [0.25, 0.3) is 5.91 Å². The molecule has 0 unspecified atom stereocenters. The molecule has 1 fully saturated rings. The van der Waals surface area contributed by atoms with E-state index >= 15 is 0 Å². The first-order chi connectivity index (χ1) is 6.66. The van der Waals surface area contributed by atoms with Crippen molar-refractivity contribution in [1.29, 1.82) is 0 Å². The Kier molecular flexibility index (Phi) is 3.29. The van der Waals surface area contributed by atoms with Crippen molar-refractivity contribution in [1.82, 2.24) is 5.32 Å². The lowest BCUT2D eigenvalue weighted by molar-refractivity contribution is 0.0951. The van der Waals surface area contributed by atoms with E-state index in [1.807, 2.05) is 6.07 Å². The van der Waals surface area contributed by atoms with Crippen LogP contribution in [0.1, 0.15) is 23.2 Å². The Morgan fingerprint density at radius 3 is 2.79 bits per heavy atom. The molecule has 5 heteroatoms. The van der Waals surface area contributed by atoms with Crippen LogP contribution in [0.25, 0.3) is 0 Å². The zero-order valence-electron chi connectivity index (χ0n) is 7.35. The molecule has 1 aliphatic rings. The first-order valence-corrected chi connectivity index (χ1v) is 6.80. The van der Waals surface area contributed by atoms with Crippen molar-refractivity contribution in [2.45, 2.75) is 12.8 Å². The SMILES string of the molecule is O=C(NCC1CC1)c1cc(Br)sc1Br. The minimum atomic E-state index is 0.0192. The van der Waals surface area contributed by atoms with E-state index in [-0.39, 0.29) is 5.91 Å². The maximum absolute atomic E-state index is 11.7. The fourth-order valence-corrected chi connectivity index (χ4v) is 3.94. The van der Waals surface area contributed by atoms with Gasteiger partial charge in [0, 0.05) is 6.54 Å². The number of rotatable bonds is 3. The van der Waals surface area contributed by atoms with E-state index in [4.69, 9.17) is 0 Å². The highest BCUT2D eigenvalue weighted by Crippen LogP contribution is 2.32. The van der Waals surface area contributed by atoms with Gasteiger partial charge in [-0.2, -0.15) is 0 Å². The van der Waals surface area contributed by atoms with E-state index in [9.17, 15) is 4.79 Å². The van der Waals surface area contributed by atoms with Gasteiger partial charge < -0.3 is 5.32 Å². The lowest BCUT2D eigenvalue weighted by Gasteiger charge is -2.01. The standard InChI is InChI=1S/C9H9Br2NOS/c10-7-3-6(8(11)14-7)9(13)12-4-5-1-2-5/h3,5H,1-2,4H2,(H,12,13). The molecule has 0 aromatic carbocycles. The molecule has 0 radical (unpaired) electrons. The summed E-state index contributed by atoms with van der Waals surface area (Å²) in [6.07, 6.45) is 2.52. The minimum Gasteiger partial charge on any atom is -0.352 e. The van der Waals surface area contributed by atoms with Crippen molar-refractivity contribution in [3.63, 3.8) is 0 Å². The Bertz CT molecular complexity index is 360. The highest BCUT2D eigenvalue weighted by molar-refractivity contribution is 9.12. The second kappa shape index (κ2) is 4.33. The molecule has 1 heterocycles. The zero-order chi connectivity index (χ0) is 10.1. The summed E-state index contributed by atoms with van der Waals surface area (Å²) < 4.78 is 1.86. The van der Waals surface area contributed by atoms with Crippen molar-refractivity contribution < 1.29 is 4.79 Å². The van der Waals surface area contributed by atoms with Gasteiger partial charge in [0.15, 0.2) is 0 Å². The number of hydrogen-bond acceptors (Lipinski definition) is 2. The third-order valence-corrected chi connectivity index (χ3v) is 4.49. The molecule has 0 saturated heterocycles. The van der Waals surface area contributed by atoms with Crippen molar-refractivity contribution in [3.05, 3.63) is 19.2 Å². The van der Waals surface area contributed by atoms with Gasteiger partial charge in [-0.15, -0.1) is 11.3 Å². The Morgan fingerprint density at radius 1 is 1.57 bits per heavy atom. The Hall–Kier alpha value is 0.130. The fraction of sp³-hybridized carbons (Fsp3) is 0.444. The largest absolute Gasteiger partial charge is 0.352 e. The van der Waals surface area contributed by atoms with Gasteiger partial charge in [0.1, 0.15) is 0 Å². The number of nitrogens with one attached hydrogen (secondary N) is 1. The number of thiophene rings is 1. The summed E-state index contributed by atoms with van der Waals surface area (Å²) in [6.45, 7) is 0.818. The Labute approximate surface area is 103 Å². The molecule has 1 amide bonds. The molecular weight excluding hydrogens is 330 g/mol. The molecule has 2 rings (SSSR count). The summed E-state index contributed by atoms with van der Waals surface area (Å²) in [5.41, 5.74) is 0.725. The van der Waals surface area contributed by atoms with Crippen molar-refractivity contribution >= 4 is 49.1 Å². The van der Waals surface area contributed by atoms with E-state index < -0.39 is 0 Å². The molecule has 2 nitrogen and oxygen atoms in total. The van der Waals surface area contributed by atoms with E-state index in [0.29, 0.717) is 0 Å². The van der Waals surface area contributed by atoms with Gasteiger partial charge >= 0.3 is 0 Å². The first kappa shape index (κ1) is 10.6. The lowest BCUT2D eigenvalue weighted by atomic mass is 10.3. The number of carbonyl (C=O) groups is 1. The smallest absolute Gasteiger partial charge is 0.253 e. The van der Waals surface area contributed by atoms with E-state index in [2.05, 4.69) is 37.2 Å². The lowest BCUT2D eigenvalue weighted by Crippen LogP contribution is -2.25. The molecular formula is C9H9Br2NOS. The topological polar surface area (TPSA) is 29.1 Å². The van der Waals surface area contributed by atoms with E-state index in [0.717, 1.165) is 25.6 Å². The van der Waals surface area contributed by atoms with Crippen LogP contribution in [0.3, 0.4) is 0 Å². The summed E-state index contributed by atoms with van der Waals surface area (Å²) >= 11 is 8.24. The first-order valence-electron chi connectivity index (χ1n) is 4.40. The van der Waals surface area contributed by atoms with Gasteiger partial charge in [-0.25, -0.2) is 0 Å². The van der Waals surface area contributed by atoms with E-state index in [1.54, 1.807) is 0 Å². The number of hydrogen-bond donors (Lipinski definition) is 1. The van der Waals surface area contributed by atoms with Gasteiger partial charge in [-0.3, -0.25) is 4.79 Å². The van der Waals surface area contributed by atoms with Crippen LogP contribution in [0.15, 0.2) is 13.6 Å². The molecule has 0 bridgehead atoms. The highest BCUT2D eigenvalue weighted by Gasteiger charge is 2.22. The molecule has 76 valence electrons. The van der Waals surface area contributed by atoms with Crippen LogP contribution >= 0.6 is 43.2 Å². The molecule has 0 aliphatic heterocycles. The third-order valence-electron chi connectivity index (χ3n) is 2.15. The normalized spacial score (nSPS) is 15.6. The summed E-state index contributed by atoms with van der Waals surface area (Å²) in [6, 6.07) is 1.84. The second-order valence-corrected chi connectivity index (χ2v) is 7.14. The number of halogens is 2. The highest BCUT2D eigenvalue weighted by atomic mass is 79.9. The molecule has 14 heavy (non-hydrogen) atoms. The number of carbonyl (C=O) groups excluding carboxylic acids is 1. The molecule has 1 N–H and O–H groups in total. The summed E-state index contributed by atoms with van der Waals surface area (Å²) in [5, 5.41) is 2.93. The van der Waals surface area contributed by atoms with Gasteiger partial charge in [-0.1, -0.05) is 0 Å². The molecule has 0 atom stereocenters. The molecule has 1 aliphatic carbocycles. The van der Waals surface area contributed by atoms with Crippen LogP contribution in [-0.2, 0) is 0 Å². The minimum absolute atomic E-state index is 0.0192. The van der Waals surface area contributed by atoms with Crippen LogP contribution < -0.4 is 5.32 Å².